The molecule has 1 saturated heterocycles. The highest BCUT2D eigenvalue weighted by atomic mass is 16.5. The van der Waals surface area contributed by atoms with Gasteiger partial charge in [0.05, 0.1) is 13.2 Å². The van der Waals surface area contributed by atoms with E-state index in [1.54, 1.807) is 4.90 Å². The Hall–Kier alpha value is -1.69. The van der Waals surface area contributed by atoms with Crippen molar-refractivity contribution in [1.82, 2.24) is 15.0 Å². The van der Waals surface area contributed by atoms with Gasteiger partial charge in [-0.1, -0.05) is 25.6 Å². The Labute approximate surface area is 106 Å². The van der Waals surface area contributed by atoms with Crippen molar-refractivity contribution in [3.63, 3.8) is 0 Å². The Morgan fingerprint density at radius 2 is 2.39 bits per heavy atom. The van der Waals surface area contributed by atoms with E-state index in [0.717, 1.165) is 0 Å². The van der Waals surface area contributed by atoms with Crippen LogP contribution in [0.1, 0.15) is 37.6 Å². The molecule has 0 spiro atoms. The minimum atomic E-state index is -0.320. The van der Waals surface area contributed by atoms with Crippen LogP contribution in [-0.4, -0.2) is 40.6 Å². The molecule has 1 fully saturated rings. The lowest BCUT2D eigenvalue weighted by molar-refractivity contribution is -0.134. The first-order valence-electron chi connectivity index (χ1n) is 5.98. The first-order chi connectivity index (χ1) is 8.61. The molecule has 0 aliphatic carbocycles. The first-order valence-corrected chi connectivity index (χ1v) is 5.98. The highest BCUT2D eigenvalue weighted by Gasteiger charge is 2.28. The minimum absolute atomic E-state index is 0.101. The molecule has 6 nitrogen and oxygen atoms in total. The maximum absolute atomic E-state index is 11.5. The van der Waals surface area contributed by atoms with Crippen LogP contribution in [0.15, 0.2) is 17.2 Å². The number of morpholine rings is 1. The molecule has 1 atom stereocenters. The lowest BCUT2D eigenvalue weighted by Crippen LogP contribution is -2.41. The number of hydrogen-bond donors (Lipinski definition) is 0. The monoisotopic (exact) mass is 251 g/mol. The quantitative estimate of drug-likeness (QED) is 0.757. The number of nitrogens with zero attached hydrogens (tertiary/aromatic N) is 3. The van der Waals surface area contributed by atoms with E-state index in [1.807, 2.05) is 13.8 Å². The van der Waals surface area contributed by atoms with Gasteiger partial charge in [0.2, 0.25) is 17.6 Å². The van der Waals surface area contributed by atoms with Gasteiger partial charge in [-0.25, -0.2) is 0 Å². The van der Waals surface area contributed by atoms with Crippen molar-refractivity contribution in [1.29, 1.82) is 0 Å². The summed E-state index contributed by atoms with van der Waals surface area (Å²) in [7, 11) is 0. The fourth-order valence-electron chi connectivity index (χ4n) is 1.75. The van der Waals surface area contributed by atoms with Gasteiger partial charge in [-0.2, -0.15) is 4.98 Å². The van der Waals surface area contributed by atoms with E-state index in [2.05, 4.69) is 16.7 Å². The smallest absolute Gasteiger partial charge is 0.246 e. The maximum Gasteiger partial charge on any atom is 0.246 e. The number of amides is 1. The average Bonchev–Trinajstić information content (AvgIpc) is 2.88. The van der Waals surface area contributed by atoms with E-state index in [0.29, 0.717) is 31.4 Å². The van der Waals surface area contributed by atoms with Crippen molar-refractivity contribution in [2.45, 2.75) is 25.9 Å². The molecule has 2 heterocycles. The standard InChI is InChI=1S/C12H17N3O3/c1-4-10(16)15-5-6-17-9(7-15)11-13-12(8(2)3)18-14-11/h4,8-9H,1,5-7H2,2-3H3. The highest BCUT2D eigenvalue weighted by molar-refractivity contribution is 5.87. The third kappa shape index (κ3) is 2.59. The zero-order valence-electron chi connectivity index (χ0n) is 10.6. The van der Waals surface area contributed by atoms with Gasteiger partial charge in [-0.05, 0) is 6.08 Å². The zero-order chi connectivity index (χ0) is 13.1. The van der Waals surface area contributed by atoms with E-state index < -0.39 is 0 Å². The number of aromatic nitrogens is 2. The maximum atomic E-state index is 11.5. The minimum Gasteiger partial charge on any atom is -0.366 e. The summed E-state index contributed by atoms with van der Waals surface area (Å²) in [5.41, 5.74) is 0. The molecule has 1 unspecified atom stereocenters. The molecule has 0 saturated carbocycles. The molecule has 0 bridgehead atoms. The second-order valence-corrected chi connectivity index (χ2v) is 4.49. The van der Waals surface area contributed by atoms with Crippen LogP contribution >= 0.6 is 0 Å². The van der Waals surface area contributed by atoms with Crippen LogP contribution in [-0.2, 0) is 9.53 Å². The molecular formula is C12H17N3O3. The Bertz CT molecular complexity index is 442. The SMILES string of the molecule is C=CC(=O)N1CCOC(c2noc(C(C)C)n2)C1. The summed E-state index contributed by atoms with van der Waals surface area (Å²) in [6.45, 7) is 8.90. The number of carbonyl (C=O) groups is 1. The van der Waals surface area contributed by atoms with Gasteiger partial charge in [0.25, 0.3) is 0 Å². The average molecular weight is 251 g/mol. The first kappa shape index (κ1) is 12.8. The summed E-state index contributed by atoms with van der Waals surface area (Å²) in [6.07, 6.45) is 0.983. The fraction of sp³-hybridized carbons (Fsp3) is 0.583. The molecule has 1 aliphatic heterocycles. The van der Waals surface area contributed by atoms with E-state index in [-0.39, 0.29) is 17.9 Å². The largest absolute Gasteiger partial charge is 0.366 e. The Kier molecular flexibility index (Phi) is 3.76. The second kappa shape index (κ2) is 5.30. The molecule has 1 amide bonds. The number of hydrogen-bond acceptors (Lipinski definition) is 5. The lowest BCUT2D eigenvalue weighted by atomic mass is 10.2. The molecule has 6 heteroatoms. The summed E-state index contributed by atoms with van der Waals surface area (Å²) >= 11 is 0. The Balaban J connectivity index is 2.08. The third-order valence-electron chi connectivity index (χ3n) is 2.79. The number of ether oxygens (including phenoxy) is 1. The van der Waals surface area contributed by atoms with E-state index in [4.69, 9.17) is 9.26 Å². The molecule has 1 aromatic rings. The van der Waals surface area contributed by atoms with Crippen molar-refractivity contribution >= 4 is 5.91 Å². The predicted molar refractivity (Wildman–Crippen MR) is 63.9 cm³/mol. The lowest BCUT2D eigenvalue weighted by Gasteiger charge is -2.30. The van der Waals surface area contributed by atoms with Crippen molar-refractivity contribution < 1.29 is 14.1 Å². The topological polar surface area (TPSA) is 68.5 Å². The number of carbonyl (C=O) groups excluding carboxylic acids is 1. The van der Waals surface area contributed by atoms with Gasteiger partial charge in [0.1, 0.15) is 6.10 Å². The molecule has 2 rings (SSSR count). The van der Waals surface area contributed by atoms with Crippen molar-refractivity contribution in [3.8, 4) is 0 Å². The van der Waals surface area contributed by atoms with Crippen LogP contribution in [0.5, 0.6) is 0 Å². The molecule has 0 radical (unpaired) electrons. The summed E-state index contributed by atoms with van der Waals surface area (Å²) in [5.74, 6) is 1.16. The molecule has 1 aromatic heterocycles. The summed E-state index contributed by atoms with van der Waals surface area (Å²) in [6, 6.07) is 0. The Morgan fingerprint density at radius 3 is 3.00 bits per heavy atom. The second-order valence-electron chi connectivity index (χ2n) is 4.49. The Morgan fingerprint density at radius 1 is 1.61 bits per heavy atom. The van der Waals surface area contributed by atoms with Gasteiger partial charge in [-0.15, -0.1) is 0 Å². The van der Waals surface area contributed by atoms with E-state index in [9.17, 15) is 4.79 Å². The van der Waals surface area contributed by atoms with Crippen LogP contribution in [0.4, 0.5) is 0 Å². The van der Waals surface area contributed by atoms with Crippen LogP contribution in [0.2, 0.25) is 0 Å². The predicted octanol–water partition coefficient (Wildman–Crippen LogP) is 1.28. The molecular weight excluding hydrogens is 234 g/mol. The molecule has 18 heavy (non-hydrogen) atoms. The molecule has 0 N–H and O–H groups in total. The molecule has 98 valence electrons. The van der Waals surface area contributed by atoms with E-state index >= 15 is 0 Å². The normalized spacial score (nSPS) is 20.2. The van der Waals surface area contributed by atoms with Gasteiger partial charge < -0.3 is 14.2 Å². The highest BCUT2D eigenvalue weighted by Crippen LogP contribution is 2.21. The van der Waals surface area contributed by atoms with Gasteiger partial charge >= 0.3 is 0 Å². The fourth-order valence-corrected chi connectivity index (χ4v) is 1.75. The summed E-state index contributed by atoms with van der Waals surface area (Å²) in [4.78, 5) is 17.5. The third-order valence-corrected chi connectivity index (χ3v) is 2.79. The van der Waals surface area contributed by atoms with Gasteiger partial charge in [-0.3, -0.25) is 4.79 Å². The zero-order valence-corrected chi connectivity index (χ0v) is 10.6. The van der Waals surface area contributed by atoms with E-state index in [1.165, 1.54) is 6.08 Å². The van der Waals surface area contributed by atoms with Crippen molar-refractivity contribution in [3.05, 3.63) is 24.4 Å². The van der Waals surface area contributed by atoms with Gasteiger partial charge in [0, 0.05) is 12.5 Å². The molecule has 1 aliphatic rings. The van der Waals surface area contributed by atoms with Crippen molar-refractivity contribution in [2.75, 3.05) is 19.7 Å². The summed E-state index contributed by atoms with van der Waals surface area (Å²) < 4.78 is 10.7. The molecule has 0 aromatic carbocycles. The van der Waals surface area contributed by atoms with Crippen LogP contribution < -0.4 is 0 Å². The van der Waals surface area contributed by atoms with Crippen molar-refractivity contribution in [2.24, 2.45) is 0 Å². The summed E-state index contributed by atoms with van der Waals surface area (Å²) in [5, 5.41) is 3.91. The van der Waals surface area contributed by atoms with Gasteiger partial charge in [0.15, 0.2) is 0 Å². The van der Waals surface area contributed by atoms with Crippen LogP contribution in [0, 0.1) is 0 Å². The van der Waals surface area contributed by atoms with Crippen LogP contribution in [0.3, 0.4) is 0 Å². The van der Waals surface area contributed by atoms with Crippen LogP contribution in [0.25, 0.3) is 0 Å². The number of rotatable bonds is 3.